The molecule has 0 radical (unpaired) electrons. The summed E-state index contributed by atoms with van der Waals surface area (Å²) in [5.74, 6) is 0.656. The number of carbonyl (C=O) groups excluding carboxylic acids is 1. The molecule has 2 rings (SSSR count). The van der Waals surface area contributed by atoms with Crippen molar-refractivity contribution >= 4 is 22.2 Å². The molecule has 2 aromatic rings. The van der Waals surface area contributed by atoms with Gasteiger partial charge in [0.25, 0.3) is 0 Å². The van der Waals surface area contributed by atoms with Gasteiger partial charge >= 0.3 is 0 Å². The van der Waals surface area contributed by atoms with Crippen LogP contribution in [0, 0.1) is 5.92 Å². The number of hydrogen-bond acceptors (Lipinski definition) is 5. The first-order valence-electron chi connectivity index (χ1n) is 6.75. The Morgan fingerprint density at radius 3 is 3.05 bits per heavy atom. The molecule has 5 nitrogen and oxygen atoms in total. The maximum absolute atomic E-state index is 11.9. The van der Waals surface area contributed by atoms with Gasteiger partial charge in [-0.25, -0.2) is 4.98 Å². The summed E-state index contributed by atoms with van der Waals surface area (Å²) in [6.45, 7) is 2.37. The summed E-state index contributed by atoms with van der Waals surface area (Å²) in [4.78, 5) is 16.3. The second kappa shape index (κ2) is 7.19. The monoisotopic (exact) mass is 305 g/mol. The number of anilines is 1. The van der Waals surface area contributed by atoms with Crippen molar-refractivity contribution in [1.29, 1.82) is 0 Å². The van der Waals surface area contributed by atoms with E-state index in [-0.39, 0.29) is 11.8 Å². The number of ether oxygens (including phenoxy) is 1. The summed E-state index contributed by atoms with van der Waals surface area (Å²) in [7, 11) is 1.63. The van der Waals surface area contributed by atoms with E-state index in [1.54, 1.807) is 13.3 Å². The van der Waals surface area contributed by atoms with Gasteiger partial charge in [-0.05, 0) is 25.1 Å². The highest BCUT2D eigenvalue weighted by atomic mass is 32.1. The highest BCUT2D eigenvalue weighted by Gasteiger charge is 2.14. The number of aromatic nitrogens is 1. The highest BCUT2D eigenvalue weighted by molar-refractivity contribution is 7.19. The number of thiazole rings is 1. The molecule has 0 bridgehead atoms. The summed E-state index contributed by atoms with van der Waals surface area (Å²) in [5, 5.41) is 4.46. The third-order valence-corrected chi connectivity index (χ3v) is 4.08. The van der Waals surface area contributed by atoms with Gasteiger partial charge in [0, 0.05) is 11.5 Å². The van der Waals surface area contributed by atoms with E-state index in [0.29, 0.717) is 13.0 Å². The first-order chi connectivity index (χ1) is 10.1. The minimum atomic E-state index is -0.0997. The summed E-state index contributed by atoms with van der Waals surface area (Å²) < 4.78 is 5.20. The second-order valence-corrected chi connectivity index (χ2v) is 5.76. The van der Waals surface area contributed by atoms with Crippen molar-refractivity contribution in [3.05, 3.63) is 30.5 Å². The number of methoxy groups -OCH3 is 1. The maximum atomic E-state index is 11.9. The molecule has 1 aromatic carbocycles. The van der Waals surface area contributed by atoms with E-state index in [1.807, 2.05) is 31.2 Å². The zero-order valence-electron chi connectivity index (χ0n) is 12.1. The van der Waals surface area contributed by atoms with E-state index in [9.17, 15) is 4.79 Å². The third-order valence-electron chi connectivity index (χ3n) is 3.12. The van der Waals surface area contributed by atoms with Gasteiger partial charge in [0.2, 0.25) is 5.91 Å². The van der Waals surface area contributed by atoms with Crippen molar-refractivity contribution in [2.24, 2.45) is 11.7 Å². The smallest absolute Gasteiger partial charge is 0.227 e. The molecule has 1 atom stereocenters. The Morgan fingerprint density at radius 1 is 1.52 bits per heavy atom. The molecule has 0 saturated heterocycles. The van der Waals surface area contributed by atoms with Crippen molar-refractivity contribution in [1.82, 2.24) is 4.98 Å². The largest absolute Gasteiger partial charge is 0.497 e. The van der Waals surface area contributed by atoms with E-state index >= 15 is 0 Å². The number of carbonyl (C=O) groups is 1. The van der Waals surface area contributed by atoms with Crippen molar-refractivity contribution < 1.29 is 9.53 Å². The van der Waals surface area contributed by atoms with E-state index in [0.717, 1.165) is 21.3 Å². The summed E-state index contributed by atoms with van der Waals surface area (Å²) in [6.07, 6.45) is 2.35. The first-order valence-corrected chi connectivity index (χ1v) is 7.57. The van der Waals surface area contributed by atoms with Crippen LogP contribution in [0.25, 0.3) is 10.6 Å². The molecule has 0 spiro atoms. The van der Waals surface area contributed by atoms with E-state index < -0.39 is 0 Å². The molecule has 6 heteroatoms. The number of rotatable bonds is 6. The van der Waals surface area contributed by atoms with Crippen molar-refractivity contribution in [3.63, 3.8) is 0 Å². The molecule has 112 valence electrons. The Labute approximate surface area is 128 Å². The molecule has 0 fully saturated rings. The molecule has 0 aliphatic carbocycles. The highest BCUT2D eigenvalue weighted by Crippen LogP contribution is 2.30. The lowest BCUT2D eigenvalue weighted by Gasteiger charge is -2.08. The van der Waals surface area contributed by atoms with Crippen LogP contribution in [0.2, 0.25) is 0 Å². The van der Waals surface area contributed by atoms with Gasteiger partial charge in [0.15, 0.2) is 0 Å². The number of hydrogen-bond donors (Lipinski definition) is 2. The van der Waals surface area contributed by atoms with Crippen LogP contribution in [-0.4, -0.2) is 24.5 Å². The second-order valence-electron chi connectivity index (χ2n) is 4.73. The minimum Gasteiger partial charge on any atom is -0.497 e. The van der Waals surface area contributed by atoms with Crippen LogP contribution in [0.15, 0.2) is 30.5 Å². The standard InChI is InChI=1S/C15H19N3O2S/c1-10(6-7-16)14(19)18-13-9-17-15(21-13)11-4-3-5-12(8-11)20-2/h3-5,8-10H,6-7,16H2,1-2H3,(H,18,19)/t10-/m1/s1. The summed E-state index contributed by atoms with van der Waals surface area (Å²) >= 11 is 1.44. The Bertz CT molecular complexity index is 612. The first kappa shape index (κ1) is 15.5. The molecule has 0 unspecified atom stereocenters. The molecule has 21 heavy (non-hydrogen) atoms. The van der Waals surface area contributed by atoms with Crippen molar-refractivity contribution in [3.8, 4) is 16.3 Å². The van der Waals surface area contributed by atoms with Crippen LogP contribution in [0.3, 0.4) is 0 Å². The van der Waals surface area contributed by atoms with Gasteiger partial charge in [-0.3, -0.25) is 4.79 Å². The Balaban J connectivity index is 2.09. The lowest BCUT2D eigenvalue weighted by Crippen LogP contribution is -2.22. The van der Waals surface area contributed by atoms with Crippen LogP contribution in [0.4, 0.5) is 5.00 Å². The molecule has 1 amide bonds. The number of nitrogens with one attached hydrogen (secondary N) is 1. The SMILES string of the molecule is COc1cccc(-c2ncc(NC(=O)[C@H](C)CCN)s2)c1. The third kappa shape index (κ3) is 4.03. The van der Waals surface area contributed by atoms with Crippen molar-refractivity contribution in [2.45, 2.75) is 13.3 Å². The fourth-order valence-corrected chi connectivity index (χ4v) is 2.66. The van der Waals surface area contributed by atoms with Crippen LogP contribution >= 0.6 is 11.3 Å². The molecule has 0 aliphatic heterocycles. The number of nitrogens with two attached hydrogens (primary N) is 1. The van der Waals surface area contributed by atoms with Crippen LogP contribution in [0.1, 0.15) is 13.3 Å². The summed E-state index contributed by atoms with van der Waals surface area (Å²) in [5.41, 5.74) is 6.43. The van der Waals surface area contributed by atoms with Gasteiger partial charge < -0.3 is 15.8 Å². The predicted molar refractivity (Wildman–Crippen MR) is 85.6 cm³/mol. The van der Waals surface area contributed by atoms with Crippen LogP contribution < -0.4 is 15.8 Å². The quantitative estimate of drug-likeness (QED) is 0.860. The zero-order chi connectivity index (χ0) is 15.2. The lowest BCUT2D eigenvalue weighted by molar-refractivity contribution is -0.119. The Morgan fingerprint density at radius 2 is 2.33 bits per heavy atom. The van der Waals surface area contributed by atoms with E-state index in [2.05, 4.69) is 10.3 Å². The van der Waals surface area contributed by atoms with E-state index in [1.165, 1.54) is 11.3 Å². The number of nitrogens with zero attached hydrogens (tertiary/aromatic N) is 1. The summed E-state index contributed by atoms with van der Waals surface area (Å²) in [6, 6.07) is 7.68. The molecular weight excluding hydrogens is 286 g/mol. The predicted octanol–water partition coefficient (Wildman–Crippen LogP) is 2.74. The van der Waals surface area contributed by atoms with Crippen LogP contribution in [-0.2, 0) is 4.79 Å². The van der Waals surface area contributed by atoms with Crippen LogP contribution in [0.5, 0.6) is 5.75 Å². The maximum Gasteiger partial charge on any atom is 0.227 e. The molecule has 0 saturated carbocycles. The lowest BCUT2D eigenvalue weighted by atomic mass is 10.1. The fourth-order valence-electron chi connectivity index (χ4n) is 1.85. The molecule has 0 aliphatic rings. The normalized spacial score (nSPS) is 12.0. The Kier molecular flexibility index (Phi) is 5.30. The van der Waals surface area contributed by atoms with Crippen molar-refractivity contribution in [2.75, 3.05) is 19.0 Å². The Hall–Kier alpha value is -1.92. The minimum absolute atomic E-state index is 0.0266. The van der Waals surface area contributed by atoms with E-state index in [4.69, 9.17) is 10.5 Å². The van der Waals surface area contributed by atoms with Gasteiger partial charge in [-0.15, -0.1) is 0 Å². The molecule has 3 N–H and O–H groups in total. The average Bonchev–Trinajstić information content (AvgIpc) is 2.96. The fraction of sp³-hybridized carbons (Fsp3) is 0.333. The van der Waals surface area contributed by atoms with Gasteiger partial charge in [0.1, 0.15) is 15.8 Å². The topological polar surface area (TPSA) is 77.2 Å². The molecular formula is C15H19N3O2S. The number of benzene rings is 1. The van der Waals surface area contributed by atoms with Gasteiger partial charge in [0.05, 0.1) is 13.3 Å². The zero-order valence-corrected chi connectivity index (χ0v) is 12.9. The van der Waals surface area contributed by atoms with Gasteiger partial charge in [-0.2, -0.15) is 0 Å². The number of amides is 1. The molecule has 1 heterocycles. The average molecular weight is 305 g/mol. The van der Waals surface area contributed by atoms with Gasteiger partial charge in [-0.1, -0.05) is 30.4 Å². The molecule has 1 aromatic heterocycles.